The quantitative estimate of drug-likeness (QED) is 0.793. The molecule has 1 rings (SSSR count). The molecule has 3 amide bonds. The zero-order valence-electron chi connectivity index (χ0n) is 11.9. The second-order valence-corrected chi connectivity index (χ2v) is 4.77. The molecule has 1 aromatic carbocycles. The average Bonchev–Trinajstić information content (AvgIpc) is 2.44. The number of hydrogen-bond acceptors (Lipinski definition) is 5. The summed E-state index contributed by atoms with van der Waals surface area (Å²) in [5.41, 5.74) is 0.0570. The Morgan fingerprint density at radius 1 is 1.18 bits per heavy atom. The van der Waals surface area contributed by atoms with E-state index in [1.165, 1.54) is 19.2 Å². The van der Waals surface area contributed by atoms with Crippen molar-refractivity contribution in [2.24, 2.45) is 0 Å². The van der Waals surface area contributed by atoms with Crippen LogP contribution in [0.25, 0.3) is 0 Å². The van der Waals surface area contributed by atoms with Crippen LogP contribution in [-0.4, -0.2) is 38.2 Å². The normalized spacial score (nSPS) is 9.82. The van der Waals surface area contributed by atoms with Crippen LogP contribution in [0.4, 0.5) is 4.79 Å². The lowest BCUT2D eigenvalue weighted by Gasteiger charge is -2.09. The van der Waals surface area contributed by atoms with Crippen LogP contribution in [-0.2, 0) is 9.53 Å². The molecule has 1 aromatic rings. The summed E-state index contributed by atoms with van der Waals surface area (Å²) in [7, 11) is 1.39. The van der Waals surface area contributed by atoms with Gasteiger partial charge >= 0.3 is 12.0 Å². The van der Waals surface area contributed by atoms with E-state index in [1.807, 2.05) is 5.32 Å². The highest BCUT2D eigenvalue weighted by Gasteiger charge is 2.16. The number of ether oxygens (including phenoxy) is 2. The molecule has 0 heterocycles. The van der Waals surface area contributed by atoms with E-state index in [1.54, 1.807) is 6.92 Å². The summed E-state index contributed by atoms with van der Waals surface area (Å²) in [6, 6.07) is 1.94. The Morgan fingerprint density at radius 2 is 1.77 bits per heavy atom. The number of urea groups is 1. The summed E-state index contributed by atoms with van der Waals surface area (Å²) in [6.07, 6.45) is 0. The molecule has 0 aromatic heterocycles. The zero-order chi connectivity index (χ0) is 16.7. The van der Waals surface area contributed by atoms with Crippen LogP contribution in [0.2, 0.25) is 10.0 Å². The number of rotatable bonds is 5. The molecule has 0 radical (unpaired) electrons. The SMILES string of the molecule is CCNC(=O)NC(=O)COC(=O)c1cc(Cl)c(OC)c(Cl)c1. The molecule has 120 valence electrons. The summed E-state index contributed by atoms with van der Waals surface area (Å²) < 4.78 is 9.71. The number of imide groups is 1. The third-order valence-electron chi connectivity index (χ3n) is 2.36. The smallest absolute Gasteiger partial charge is 0.338 e. The highest BCUT2D eigenvalue weighted by atomic mass is 35.5. The van der Waals surface area contributed by atoms with Crippen molar-refractivity contribution >= 4 is 41.1 Å². The van der Waals surface area contributed by atoms with Gasteiger partial charge in [0.2, 0.25) is 0 Å². The summed E-state index contributed by atoms with van der Waals surface area (Å²) >= 11 is 11.8. The molecule has 0 aliphatic heterocycles. The number of carbonyl (C=O) groups excluding carboxylic acids is 3. The Bertz CT molecular complexity index is 569. The minimum absolute atomic E-state index is 0.0570. The largest absolute Gasteiger partial charge is 0.494 e. The maximum atomic E-state index is 11.8. The van der Waals surface area contributed by atoms with Crippen molar-refractivity contribution in [3.63, 3.8) is 0 Å². The maximum absolute atomic E-state index is 11.8. The monoisotopic (exact) mass is 348 g/mol. The van der Waals surface area contributed by atoms with Crippen LogP contribution in [0.1, 0.15) is 17.3 Å². The van der Waals surface area contributed by atoms with Gasteiger partial charge in [0.05, 0.1) is 22.7 Å². The van der Waals surface area contributed by atoms with Crippen molar-refractivity contribution in [2.75, 3.05) is 20.3 Å². The van der Waals surface area contributed by atoms with Crippen LogP contribution >= 0.6 is 23.2 Å². The van der Waals surface area contributed by atoms with E-state index in [0.29, 0.717) is 6.54 Å². The average molecular weight is 349 g/mol. The van der Waals surface area contributed by atoms with Gasteiger partial charge in [0.1, 0.15) is 0 Å². The number of esters is 1. The van der Waals surface area contributed by atoms with E-state index in [2.05, 4.69) is 5.32 Å². The number of carbonyl (C=O) groups is 3. The summed E-state index contributed by atoms with van der Waals surface area (Å²) in [5, 5.41) is 4.62. The van der Waals surface area contributed by atoms with Crippen LogP contribution in [0.3, 0.4) is 0 Å². The Balaban J connectivity index is 2.63. The molecule has 0 aliphatic carbocycles. The third kappa shape index (κ3) is 5.09. The fourth-order valence-corrected chi connectivity index (χ4v) is 2.10. The second kappa shape index (κ2) is 8.45. The van der Waals surface area contributed by atoms with Crippen molar-refractivity contribution in [3.05, 3.63) is 27.7 Å². The molecule has 0 saturated heterocycles. The highest BCUT2D eigenvalue weighted by Crippen LogP contribution is 2.33. The van der Waals surface area contributed by atoms with Crippen molar-refractivity contribution in [3.8, 4) is 5.75 Å². The standard InChI is InChI=1S/C13H14Cl2N2O5/c1-3-16-13(20)17-10(18)6-22-12(19)7-4-8(14)11(21-2)9(15)5-7/h4-5H,3,6H2,1-2H3,(H2,16,17,18,20). The Kier molecular flexibility index (Phi) is 6.94. The molecular formula is C13H14Cl2N2O5. The summed E-state index contributed by atoms with van der Waals surface area (Å²) in [4.78, 5) is 34.3. The van der Waals surface area contributed by atoms with E-state index in [-0.39, 0.29) is 21.4 Å². The molecule has 0 saturated carbocycles. The number of methoxy groups -OCH3 is 1. The number of halogens is 2. The topological polar surface area (TPSA) is 93.7 Å². The maximum Gasteiger partial charge on any atom is 0.338 e. The van der Waals surface area contributed by atoms with Gasteiger partial charge in [-0.2, -0.15) is 0 Å². The number of benzene rings is 1. The number of amides is 3. The molecule has 0 bridgehead atoms. The lowest BCUT2D eigenvalue weighted by Crippen LogP contribution is -2.41. The van der Waals surface area contributed by atoms with Gasteiger partial charge in [-0.05, 0) is 19.1 Å². The Morgan fingerprint density at radius 3 is 2.27 bits per heavy atom. The van der Waals surface area contributed by atoms with Gasteiger partial charge < -0.3 is 14.8 Å². The summed E-state index contributed by atoms with van der Waals surface area (Å²) in [5.74, 6) is -1.34. The fourth-order valence-electron chi connectivity index (χ4n) is 1.45. The Labute approximate surface area is 136 Å². The highest BCUT2D eigenvalue weighted by molar-refractivity contribution is 6.37. The van der Waals surface area contributed by atoms with Gasteiger partial charge in [-0.1, -0.05) is 23.2 Å². The molecule has 22 heavy (non-hydrogen) atoms. The van der Waals surface area contributed by atoms with E-state index in [9.17, 15) is 14.4 Å². The first-order chi connectivity index (χ1) is 10.4. The minimum Gasteiger partial charge on any atom is -0.494 e. The van der Waals surface area contributed by atoms with Crippen LogP contribution in [0.5, 0.6) is 5.75 Å². The van der Waals surface area contributed by atoms with Crippen LogP contribution in [0.15, 0.2) is 12.1 Å². The van der Waals surface area contributed by atoms with Gasteiger partial charge in [0.15, 0.2) is 12.4 Å². The number of nitrogens with one attached hydrogen (secondary N) is 2. The first-order valence-electron chi connectivity index (χ1n) is 6.16. The van der Waals surface area contributed by atoms with Gasteiger partial charge in [-0.25, -0.2) is 9.59 Å². The molecular weight excluding hydrogens is 335 g/mol. The zero-order valence-corrected chi connectivity index (χ0v) is 13.4. The van der Waals surface area contributed by atoms with Crippen molar-refractivity contribution in [2.45, 2.75) is 6.92 Å². The molecule has 0 aliphatic rings. The lowest BCUT2D eigenvalue weighted by molar-refractivity contribution is -0.123. The van der Waals surface area contributed by atoms with Crippen molar-refractivity contribution < 1.29 is 23.9 Å². The molecule has 0 spiro atoms. The van der Waals surface area contributed by atoms with Gasteiger partial charge in [-0.15, -0.1) is 0 Å². The van der Waals surface area contributed by atoms with E-state index in [4.69, 9.17) is 32.7 Å². The minimum atomic E-state index is -0.808. The van der Waals surface area contributed by atoms with Gasteiger partial charge in [0.25, 0.3) is 5.91 Å². The van der Waals surface area contributed by atoms with Gasteiger partial charge in [0, 0.05) is 6.54 Å². The van der Waals surface area contributed by atoms with Crippen molar-refractivity contribution in [1.29, 1.82) is 0 Å². The third-order valence-corrected chi connectivity index (χ3v) is 2.92. The lowest BCUT2D eigenvalue weighted by atomic mass is 10.2. The van der Waals surface area contributed by atoms with Crippen molar-refractivity contribution in [1.82, 2.24) is 10.6 Å². The van der Waals surface area contributed by atoms with Crippen LogP contribution < -0.4 is 15.4 Å². The predicted octanol–water partition coefficient (Wildman–Crippen LogP) is 2.00. The van der Waals surface area contributed by atoms with E-state index < -0.39 is 24.5 Å². The second-order valence-electron chi connectivity index (χ2n) is 3.96. The molecule has 0 atom stereocenters. The molecule has 2 N–H and O–H groups in total. The fraction of sp³-hybridized carbons (Fsp3) is 0.308. The molecule has 0 fully saturated rings. The van der Waals surface area contributed by atoms with E-state index in [0.717, 1.165) is 0 Å². The first-order valence-corrected chi connectivity index (χ1v) is 6.92. The summed E-state index contributed by atoms with van der Waals surface area (Å²) in [6.45, 7) is 1.44. The van der Waals surface area contributed by atoms with Gasteiger partial charge in [-0.3, -0.25) is 10.1 Å². The molecule has 0 unspecified atom stereocenters. The van der Waals surface area contributed by atoms with Crippen LogP contribution in [0, 0.1) is 0 Å². The van der Waals surface area contributed by atoms with E-state index >= 15 is 0 Å². The number of hydrogen-bond donors (Lipinski definition) is 2. The Hall–Kier alpha value is -1.99. The molecule has 7 nitrogen and oxygen atoms in total. The predicted molar refractivity (Wildman–Crippen MR) is 80.5 cm³/mol. The molecule has 9 heteroatoms. The first kappa shape index (κ1) is 18.1.